The number of nitrogen functional groups attached to an aromatic ring is 1. The van der Waals surface area contributed by atoms with E-state index in [0.29, 0.717) is 60.1 Å². The van der Waals surface area contributed by atoms with Crippen LogP contribution in [0.25, 0.3) is 34.2 Å². The average molecular weight is 1130 g/mol. The molecule has 0 aliphatic carbocycles. The van der Waals surface area contributed by atoms with Crippen molar-refractivity contribution < 1.29 is 24.1 Å². The van der Waals surface area contributed by atoms with Gasteiger partial charge < -0.3 is 24.7 Å². The molecule has 2 saturated heterocycles. The standard InChI is InChI=1S/C26H23N5O5.C26H25N5O3.2ClH.Sn/c32-22(21-7-4-12-29(21)24(33)15-18-5-2-1-3-6-18)16-28-13-14-30-23(17-28)27-25(26(30)34)19-8-10-20(11-9-19)31(35)36;27-20-10-8-19(9-11-20)25-26(34)31-14-13-29(17-23(31)28-25)16-22(32)21-7-4-12-30(21)24(33)15-18-5-2-1-3-6-18;;;/h1-3,5-6,8-11,13-14,17,21H,4,7,12,15-16H2;1-3,5-6,8-11,13-14,17,21H,4,7,12,15-16,27H2;2*1H;/q;;;;+2/p-2/t2*21-;;;/m00.../s1. The molecule has 6 heterocycles. The van der Waals surface area contributed by atoms with Crippen molar-refractivity contribution in [2.24, 2.45) is 0 Å². The van der Waals surface area contributed by atoms with Crippen LogP contribution in [0.4, 0.5) is 11.4 Å². The molecule has 6 aliphatic rings. The third-order valence-corrected chi connectivity index (χ3v) is 12.7. The van der Waals surface area contributed by atoms with Crippen LogP contribution in [0.1, 0.15) is 36.8 Å². The zero-order valence-corrected chi connectivity index (χ0v) is 43.6. The molecule has 21 heteroatoms. The van der Waals surface area contributed by atoms with Gasteiger partial charge in [-0.25, -0.2) is 9.97 Å². The molecule has 0 aromatic heterocycles. The Morgan fingerprint density at radius 2 is 1.01 bits per heavy atom. The summed E-state index contributed by atoms with van der Waals surface area (Å²) >= 11 is -0.826. The average Bonchev–Trinajstić information content (AvgIpc) is 4.22. The van der Waals surface area contributed by atoms with Crippen LogP contribution in [0, 0.1) is 10.1 Å². The van der Waals surface area contributed by atoms with Gasteiger partial charge in [0.05, 0.1) is 42.9 Å². The number of hydrogen-bond acceptors (Lipinski definition) is 11. The van der Waals surface area contributed by atoms with Crippen LogP contribution in [-0.2, 0) is 45.1 Å². The van der Waals surface area contributed by atoms with Crippen molar-refractivity contribution >= 4 is 71.5 Å². The van der Waals surface area contributed by atoms with Gasteiger partial charge in [-0.3, -0.25) is 48.0 Å². The van der Waals surface area contributed by atoms with E-state index in [1.54, 1.807) is 80.4 Å². The van der Waals surface area contributed by atoms with E-state index in [9.17, 15) is 38.9 Å². The molecule has 2 N–H and O–H groups in total. The summed E-state index contributed by atoms with van der Waals surface area (Å²) in [5.74, 6) is 0.616. The molecular weight excluding hydrogens is 1080 g/mol. The molecule has 2 radical (unpaired) electrons. The Labute approximate surface area is 436 Å². The Kier molecular flexibility index (Phi) is 17.0. The van der Waals surface area contributed by atoms with Crippen LogP contribution < -0.4 is 16.9 Å². The van der Waals surface area contributed by atoms with Gasteiger partial charge in [0.2, 0.25) is 11.8 Å². The summed E-state index contributed by atoms with van der Waals surface area (Å²) < 4.78 is 6.19. The monoisotopic (exact) mass is 1130 g/mol. The number of rotatable bonds is 13. The number of Topliss-reactive ketones (excluding diaryl/α,β-unsaturated/α-hetero) is 2. The second-order valence-corrected chi connectivity index (χ2v) is 21.7. The molecule has 18 nitrogen and oxygen atoms in total. The number of carbonyl (C=O) groups excluding carboxylic acids is 4. The van der Waals surface area contributed by atoms with Gasteiger partial charge in [-0.15, -0.1) is 0 Å². The molecule has 2 atom stereocenters. The Hall–Kier alpha value is -7.42. The van der Waals surface area contributed by atoms with Gasteiger partial charge in [0.15, 0.2) is 23.2 Å². The third kappa shape index (κ3) is 12.4. The van der Waals surface area contributed by atoms with Crippen molar-refractivity contribution in [2.45, 2.75) is 63.7 Å². The van der Waals surface area contributed by atoms with Gasteiger partial charge in [-0.2, -0.15) is 0 Å². The predicted octanol–water partition coefficient (Wildman–Crippen LogP) is 6.37. The number of nitro groups is 1. The molecule has 0 spiro atoms. The van der Waals surface area contributed by atoms with E-state index in [1.807, 2.05) is 60.7 Å². The van der Waals surface area contributed by atoms with Crippen molar-refractivity contribution in [1.29, 1.82) is 0 Å². The number of nitrogens with two attached hydrogens (primary N) is 1. The van der Waals surface area contributed by atoms with Crippen molar-refractivity contribution in [1.82, 2.24) is 38.0 Å². The van der Waals surface area contributed by atoms with E-state index in [0.717, 1.165) is 24.0 Å². The molecule has 4 aromatic rings. The second kappa shape index (κ2) is 23.9. The molecule has 2 fully saturated rings. The molecule has 0 bridgehead atoms. The third-order valence-electron chi connectivity index (χ3n) is 12.7. The molecule has 73 heavy (non-hydrogen) atoms. The molecule has 0 unspecified atom stereocenters. The summed E-state index contributed by atoms with van der Waals surface area (Å²) in [6.07, 6.45) is 13.2. The van der Waals surface area contributed by atoms with Crippen LogP contribution >= 0.6 is 17.8 Å². The Balaban J connectivity index is 0.000000185. The van der Waals surface area contributed by atoms with Crippen LogP contribution in [0.3, 0.4) is 0 Å². The Bertz CT molecular complexity index is 3290. The zero-order valence-electron chi connectivity index (χ0n) is 39.2. The molecule has 4 aromatic carbocycles. The van der Waals surface area contributed by atoms with E-state index in [2.05, 4.69) is 9.97 Å². The first-order valence-electron chi connectivity index (χ1n) is 23.3. The number of hydrogen-bond donors (Lipinski definition) is 1. The molecule has 6 aliphatic heterocycles. The number of amides is 2. The number of fused-ring (bicyclic) bond motifs is 2. The summed E-state index contributed by atoms with van der Waals surface area (Å²) in [6.45, 7) is 1.30. The second-order valence-electron chi connectivity index (χ2n) is 17.4. The number of nitrogens with zero attached hydrogens (tertiary/aromatic N) is 9. The van der Waals surface area contributed by atoms with E-state index in [1.165, 1.54) is 33.4 Å². The van der Waals surface area contributed by atoms with Crippen molar-refractivity contribution in [3.8, 4) is 34.2 Å². The minimum absolute atomic E-state index is 0.0269. The van der Waals surface area contributed by atoms with Gasteiger partial charge in [0, 0.05) is 79.2 Å². The van der Waals surface area contributed by atoms with Gasteiger partial charge in [-0.05, 0) is 61.1 Å². The quantitative estimate of drug-likeness (QED) is 0.0578. The fraction of sp³-hybridized carbons (Fsp3) is 0.231. The fourth-order valence-corrected chi connectivity index (χ4v) is 9.10. The van der Waals surface area contributed by atoms with Crippen LogP contribution in [0.15, 0.2) is 156 Å². The van der Waals surface area contributed by atoms with E-state index < -0.39 is 35.9 Å². The van der Waals surface area contributed by atoms with E-state index in [-0.39, 0.29) is 71.8 Å². The maximum absolute atomic E-state index is 13.1. The number of anilines is 1. The molecule has 2 amide bonds. The first-order chi connectivity index (χ1) is 35.3. The van der Waals surface area contributed by atoms with Crippen molar-refractivity contribution in [3.05, 3.63) is 188 Å². The number of carbonyl (C=O) groups is 4. The number of imidazole rings is 2. The molecule has 10 rings (SSSR count). The maximum atomic E-state index is 13.1. The molecule has 372 valence electrons. The number of aromatic nitrogens is 6. The summed E-state index contributed by atoms with van der Waals surface area (Å²) in [5, 5.41) is 10.9. The Morgan fingerprint density at radius 3 is 1.41 bits per heavy atom. The number of halogens is 2. The normalized spacial score (nSPS) is 15.1. The fourth-order valence-electron chi connectivity index (χ4n) is 9.10. The number of non-ortho nitro benzene ring substituents is 1. The van der Waals surface area contributed by atoms with Crippen LogP contribution in [0.5, 0.6) is 0 Å². The van der Waals surface area contributed by atoms with Crippen molar-refractivity contribution in [3.63, 3.8) is 0 Å². The van der Waals surface area contributed by atoms with E-state index in [4.69, 9.17) is 23.6 Å². The first-order valence-corrected chi connectivity index (χ1v) is 30.5. The summed E-state index contributed by atoms with van der Waals surface area (Å²) in [7, 11) is 9.87. The number of nitro benzene ring substituents is 1. The predicted molar refractivity (Wildman–Crippen MR) is 277 cm³/mol. The van der Waals surface area contributed by atoms with Gasteiger partial charge >= 0.3 is 36.7 Å². The zero-order chi connectivity index (χ0) is 51.6. The van der Waals surface area contributed by atoms with Crippen molar-refractivity contribution in [2.75, 3.05) is 18.8 Å². The molecule has 0 saturated carbocycles. The number of likely N-dealkylation sites (tertiary alicyclic amines) is 2. The Morgan fingerprint density at radius 1 is 0.616 bits per heavy atom. The SMILES string of the molecule is Nc1ccc(-c2nc3cn(CC(=O)[C@@H]4CCCN4C(=O)Cc4ccccc4)ccn-3c2=O)cc1.O=C(Cn1ccn2c(=O)c(-c3ccc([N+](=O)[O-])cc3)nc-2c1)[C@@H]1CCCN1C(=O)Cc1ccccc1.[Cl][Sn][Cl]. The first kappa shape index (κ1) is 51.9. The van der Waals surface area contributed by atoms with Crippen LogP contribution in [0.2, 0.25) is 0 Å². The van der Waals surface area contributed by atoms with Crippen LogP contribution in [-0.4, -0.2) is 110 Å². The van der Waals surface area contributed by atoms with E-state index >= 15 is 0 Å². The topological polar surface area (TPSA) is 224 Å². The summed E-state index contributed by atoms with van der Waals surface area (Å²) in [6, 6.07) is 30.7. The summed E-state index contributed by atoms with van der Waals surface area (Å²) in [4.78, 5) is 100. The van der Waals surface area contributed by atoms with Gasteiger partial charge in [-0.1, -0.05) is 72.8 Å². The summed E-state index contributed by atoms with van der Waals surface area (Å²) in [5.41, 5.74) is 9.20. The number of ketones is 2. The van der Waals surface area contributed by atoms with Gasteiger partial charge in [0.1, 0.15) is 11.4 Å². The van der Waals surface area contributed by atoms with Gasteiger partial charge in [0.25, 0.3) is 16.8 Å². The minimum atomic E-state index is -0.826. The number of benzene rings is 4. The molecular formula is C52H48Cl2N10O8Sn.